The summed E-state index contributed by atoms with van der Waals surface area (Å²) in [6, 6.07) is 0. The van der Waals surface area contributed by atoms with Crippen LogP contribution in [0, 0.1) is 0 Å². The molecular formula is C10H16ClN3O2. The van der Waals surface area contributed by atoms with Gasteiger partial charge < -0.3 is 9.30 Å². The molecule has 0 saturated carbocycles. The van der Waals surface area contributed by atoms with Crippen molar-refractivity contribution in [2.75, 3.05) is 20.7 Å². The number of esters is 1. The van der Waals surface area contributed by atoms with Crippen molar-refractivity contribution in [3.63, 3.8) is 0 Å². The van der Waals surface area contributed by atoms with Gasteiger partial charge in [0.25, 0.3) is 0 Å². The zero-order valence-electron chi connectivity index (χ0n) is 9.73. The van der Waals surface area contributed by atoms with E-state index in [0.717, 1.165) is 5.82 Å². The molecular weight excluding hydrogens is 230 g/mol. The Hall–Kier alpha value is -1.07. The molecule has 0 bridgehead atoms. The number of carbonyl (C=O) groups is 1. The number of hydrogen-bond acceptors (Lipinski definition) is 4. The molecule has 1 aromatic rings. The van der Waals surface area contributed by atoms with Crippen LogP contribution in [0.15, 0.2) is 6.20 Å². The average molecular weight is 246 g/mol. The van der Waals surface area contributed by atoms with E-state index in [-0.39, 0.29) is 5.97 Å². The van der Waals surface area contributed by atoms with Gasteiger partial charge in [0.15, 0.2) is 0 Å². The Morgan fingerprint density at radius 3 is 2.88 bits per heavy atom. The van der Waals surface area contributed by atoms with Crippen molar-refractivity contribution in [2.24, 2.45) is 7.05 Å². The van der Waals surface area contributed by atoms with Crippen LogP contribution in [0.2, 0.25) is 5.15 Å². The molecule has 0 spiro atoms. The summed E-state index contributed by atoms with van der Waals surface area (Å²) < 4.78 is 6.39. The summed E-state index contributed by atoms with van der Waals surface area (Å²) in [5, 5.41) is 0.608. The van der Waals surface area contributed by atoms with E-state index in [1.807, 2.05) is 23.6 Å². The van der Waals surface area contributed by atoms with Gasteiger partial charge in [0, 0.05) is 13.6 Å². The summed E-state index contributed by atoms with van der Waals surface area (Å²) in [7, 11) is 5.17. The number of carbonyl (C=O) groups excluding carboxylic acids is 1. The molecule has 0 unspecified atom stereocenters. The van der Waals surface area contributed by atoms with Crippen molar-refractivity contribution in [2.45, 2.75) is 13.0 Å². The number of rotatable bonds is 5. The minimum absolute atomic E-state index is 0.204. The molecule has 0 atom stereocenters. The third-order valence-corrected chi connectivity index (χ3v) is 2.72. The second-order valence-electron chi connectivity index (χ2n) is 3.62. The van der Waals surface area contributed by atoms with Gasteiger partial charge in [-0.1, -0.05) is 11.6 Å². The molecule has 0 aliphatic carbocycles. The number of aromatic nitrogens is 2. The zero-order valence-corrected chi connectivity index (χ0v) is 10.5. The van der Waals surface area contributed by atoms with E-state index in [0.29, 0.717) is 24.7 Å². The third-order valence-electron chi connectivity index (χ3n) is 2.36. The van der Waals surface area contributed by atoms with Crippen LogP contribution in [-0.2, 0) is 23.1 Å². The number of imidazole rings is 1. The first-order valence-electron chi connectivity index (χ1n) is 4.96. The maximum Gasteiger partial charge on any atom is 0.306 e. The Labute approximate surface area is 100.0 Å². The van der Waals surface area contributed by atoms with Crippen LogP contribution in [0.1, 0.15) is 12.2 Å². The van der Waals surface area contributed by atoms with Crippen LogP contribution in [0.3, 0.4) is 0 Å². The van der Waals surface area contributed by atoms with Gasteiger partial charge >= 0.3 is 5.97 Å². The van der Waals surface area contributed by atoms with Crippen LogP contribution in [0.5, 0.6) is 0 Å². The van der Waals surface area contributed by atoms with Gasteiger partial charge in [-0.2, -0.15) is 0 Å². The van der Waals surface area contributed by atoms with Gasteiger partial charge in [0.1, 0.15) is 11.0 Å². The summed E-state index contributed by atoms with van der Waals surface area (Å²) in [6.45, 7) is 1.29. The fraction of sp³-hybridized carbons (Fsp3) is 0.600. The first kappa shape index (κ1) is 13.0. The summed E-state index contributed by atoms with van der Waals surface area (Å²) >= 11 is 5.87. The van der Waals surface area contributed by atoms with E-state index < -0.39 is 0 Å². The Bertz CT molecular complexity index is 365. The Morgan fingerprint density at radius 2 is 2.38 bits per heavy atom. The highest BCUT2D eigenvalue weighted by molar-refractivity contribution is 6.29. The second kappa shape index (κ2) is 5.86. The lowest BCUT2D eigenvalue weighted by Crippen LogP contribution is -2.23. The van der Waals surface area contributed by atoms with E-state index in [1.165, 1.54) is 7.11 Å². The standard InChI is InChI=1S/C10H16ClN3O2/c1-13(5-4-10(15)16-3)7-9-12-6-8(11)14(9)2/h6H,4-5,7H2,1-3H3. The lowest BCUT2D eigenvalue weighted by Gasteiger charge is -2.15. The summed E-state index contributed by atoms with van der Waals surface area (Å²) in [4.78, 5) is 17.1. The van der Waals surface area contributed by atoms with Gasteiger partial charge in [-0.15, -0.1) is 0 Å². The molecule has 1 aromatic heterocycles. The van der Waals surface area contributed by atoms with E-state index in [1.54, 1.807) is 6.20 Å². The van der Waals surface area contributed by atoms with Gasteiger partial charge in [-0.3, -0.25) is 9.69 Å². The molecule has 5 nitrogen and oxygen atoms in total. The Morgan fingerprint density at radius 1 is 1.69 bits per heavy atom. The van der Waals surface area contributed by atoms with E-state index in [4.69, 9.17) is 11.6 Å². The topological polar surface area (TPSA) is 47.4 Å². The van der Waals surface area contributed by atoms with Gasteiger partial charge in [-0.05, 0) is 7.05 Å². The molecule has 0 N–H and O–H groups in total. The van der Waals surface area contributed by atoms with Crippen LogP contribution in [-0.4, -0.2) is 41.1 Å². The van der Waals surface area contributed by atoms with Crippen molar-refractivity contribution in [1.82, 2.24) is 14.5 Å². The average Bonchev–Trinajstić information content (AvgIpc) is 2.57. The smallest absolute Gasteiger partial charge is 0.306 e. The van der Waals surface area contributed by atoms with Gasteiger partial charge in [0.05, 0.1) is 26.3 Å². The van der Waals surface area contributed by atoms with Gasteiger partial charge in [-0.25, -0.2) is 4.98 Å². The van der Waals surface area contributed by atoms with E-state index >= 15 is 0 Å². The number of ether oxygens (including phenoxy) is 1. The first-order valence-corrected chi connectivity index (χ1v) is 5.34. The largest absolute Gasteiger partial charge is 0.469 e. The van der Waals surface area contributed by atoms with Gasteiger partial charge in [0.2, 0.25) is 0 Å². The quantitative estimate of drug-likeness (QED) is 0.728. The molecule has 0 radical (unpaired) electrons. The molecule has 16 heavy (non-hydrogen) atoms. The monoisotopic (exact) mass is 245 g/mol. The van der Waals surface area contributed by atoms with Crippen molar-refractivity contribution in [1.29, 1.82) is 0 Å². The fourth-order valence-corrected chi connectivity index (χ4v) is 1.42. The summed E-state index contributed by atoms with van der Waals surface area (Å²) in [5.74, 6) is 0.669. The third kappa shape index (κ3) is 3.50. The number of hydrogen-bond donors (Lipinski definition) is 0. The van der Waals surface area contributed by atoms with Crippen LogP contribution in [0.25, 0.3) is 0 Å². The van der Waals surface area contributed by atoms with Crippen molar-refractivity contribution in [3.05, 3.63) is 17.2 Å². The molecule has 0 fully saturated rings. The lowest BCUT2D eigenvalue weighted by molar-refractivity contribution is -0.140. The molecule has 90 valence electrons. The fourth-order valence-electron chi connectivity index (χ4n) is 1.28. The SMILES string of the molecule is COC(=O)CCN(C)Cc1ncc(Cl)n1C. The van der Waals surface area contributed by atoms with Crippen molar-refractivity contribution in [3.8, 4) is 0 Å². The molecule has 1 rings (SSSR count). The molecule has 0 amide bonds. The highest BCUT2D eigenvalue weighted by Gasteiger charge is 2.09. The summed E-state index contributed by atoms with van der Waals surface area (Å²) in [5.41, 5.74) is 0. The highest BCUT2D eigenvalue weighted by atomic mass is 35.5. The van der Waals surface area contributed by atoms with Crippen LogP contribution < -0.4 is 0 Å². The minimum Gasteiger partial charge on any atom is -0.469 e. The normalized spacial score (nSPS) is 10.8. The summed E-state index contributed by atoms with van der Waals surface area (Å²) in [6.07, 6.45) is 2.00. The molecule has 0 aliphatic heterocycles. The Balaban J connectivity index is 2.42. The zero-order chi connectivity index (χ0) is 12.1. The molecule has 0 aliphatic rings. The molecule has 6 heteroatoms. The minimum atomic E-state index is -0.204. The predicted octanol–water partition coefficient (Wildman–Crippen LogP) is 1.07. The number of halogens is 1. The maximum atomic E-state index is 10.9. The predicted molar refractivity (Wildman–Crippen MR) is 61.2 cm³/mol. The highest BCUT2D eigenvalue weighted by Crippen LogP contribution is 2.10. The first-order chi connectivity index (χ1) is 7.54. The molecule has 1 heterocycles. The maximum absolute atomic E-state index is 10.9. The van der Waals surface area contributed by atoms with Crippen molar-refractivity contribution < 1.29 is 9.53 Å². The van der Waals surface area contributed by atoms with E-state index in [2.05, 4.69) is 9.72 Å². The number of nitrogens with zero attached hydrogens (tertiary/aromatic N) is 3. The second-order valence-corrected chi connectivity index (χ2v) is 4.01. The lowest BCUT2D eigenvalue weighted by atomic mass is 10.4. The van der Waals surface area contributed by atoms with Crippen molar-refractivity contribution >= 4 is 17.6 Å². The van der Waals surface area contributed by atoms with E-state index in [9.17, 15) is 4.79 Å². The Kier molecular flexibility index (Phi) is 4.76. The van der Waals surface area contributed by atoms with Crippen LogP contribution in [0.4, 0.5) is 0 Å². The molecule has 0 aromatic carbocycles. The molecule has 0 saturated heterocycles. The number of methoxy groups -OCH3 is 1. The van der Waals surface area contributed by atoms with Crippen LogP contribution >= 0.6 is 11.6 Å².